The van der Waals surface area contributed by atoms with Gasteiger partial charge in [0.2, 0.25) is 0 Å². The Labute approximate surface area is 152 Å². The van der Waals surface area contributed by atoms with Gasteiger partial charge in [-0.25, -0.2) is 4.79 Å². The quantitative estimate of drug-likeness (QED) is 0.765. The first kappa shape index (κ1) is 18.5. The summed E-state index contributed by atoms with van der Waals surface area (Å²) >= 11 is 3.37. The van der Waals surface area contributed by atoms with Gasteiger partial charge in [0.25, 0.3) is 5.56 Å². The minimum absolute atomic E-state index is 0.00258. The number of nitriles is 1. The van der Waals surface area contributed by atoms with E-state index in [0.717, 1.165) is 0 Å². The number of nitrogens with one attached hydrogen (secondary N) is 1. The second kappa shape index (κ2) is 7.85. The van der Waals surface area contributed by atoms with Gasteiger partial charge >= 0.3 is 5.97 Å². The summed E-state index contributed by atoms with van der Waals surface area (Å²) in [6.07, 6.45) is 0. The van der Waals surface area contributed by atoms with Gasteiger partial charge in [-0.3, -0.25) is 4.79 Å². The van der Waals surface area contributed by atoms with Crippen molar-refractivity contribution >= 4 is 21.9 Å². The van der Waals surface area contributed by atoms with Gasteiger partial charge < -0.3 is 19.2 Å². The van der Waals surface area contributed by atoms with Crippen LogP contribution in [0.2, 0.25) is 0 Å². The molecule has 0 saturated heterocycles. The molecule has 2 aromatic rings. The minimum atomic E-state index is -0.532. The minimum Gasteiger partial charge on any atom is -0.493 e. The number of carbonyl (C=O) groups is 1. The summed E-state index contributed by atoms with van der Waals surface area (Å²) in [5.41, 5.74) is 1.24. The van der Waals surface area contributed by atoms with E-state index in [1.807, 2.05) is 6.07 Å². The molecule has 1 heterocycles. The van der Waals surface area contributed by atoms with Crippen molar-refractivity contribution in [1.29, 1.82) is 5.26 Å². The molecule has 1 aromatic heterocycles. The van der Waals surface area contributed by atoms with Crippen molar-refractivity contribution < 1.29 is 19.0 Å². The van der Waals surface area contributed by atoms with Crippen LogP contribution in [0.3, 0.4) is 0 Å². The lowest BCUT2D eigenvalue weighted by Gasteiger charge is -2.14. The summed E-state index contributed by atoms with van der Waals surface area (Å²) < 4.78 is 15.8. The Balaban J connectivity index is 2.56. The lowest BCUT2D eigenvalue weighted by Crippen LogP contribution is -2.14. The summed E-state index contributed by atoms with van der Waals surface area (Å²) in [7, 11) is 2.71. The average Bonchev–Trinajstić information content (AvgIpc) is 2.59. The van der Waals surface area contributed by atoms with Crippen LogP contribution < -0.4 is 15.0 Å². The fourth-order valence-corrected chi connectivity index (χ4v) is 2.79. The van der Waals surface area contributed by atoms with Gasteiger partial charge in [0.05, 0.1) is 18.7 Å². The molecule has 0 unspecified atom stereocenters. The van der Waals surface area contributed by atoms with Gasteiger partial charge in [0.15, 0.2) is 18.1 Å². The largest absolute Gasteiger partial charge is 0.493 e. The van der Waals surface area contributed by atoms with Crippen LogP contribution in [-0.4, -0.2) is 31.8 Å². The van der Waals surface area contributed by atoms with Crippen molar-refractivity contribution in [3.05, 3.63) is 44.3 Å². The zero-order valence-electron chi connectivity index (χ0n) is 13.8. The number of nitrogens with zero attached hydrogens (tertiary/aromatic N) is 1. The predicted molar refractivity (Wildman–Crippen MR) is 93.7 cm³/mol. The highest BCUT2D eigenvalue weighted by molar-refractivity contribution is 9.10. The van der Waals surface area contributed by atoms with Crippen LogP contribution in [0.25, 0.3) is 11.1 Å². The van der Waals surface area contributed by atoms with Crippen LogP contribution in [0.4, 0.5) is 0 Å². The van der Waals surface area contributed by atoms with Gasteiger partial charge in [-0.05, 0) is 46.6 Å². The number of esters is 1. The van der Waals surface area contributed by atoms with E-state index in [1.54, 1.807) is 25.1 Å². The molecular weight excluding hydrogens is 392 g/mol. The van der Waals surface area contributed by atoms with Crippen molar-refractivity contribution in [2.45, 2.75) is 6.92 Å². The molecule has 0 spiro atoms. The molecule has 0 atom stereocenters. The Morgan fingerprint density at radius 1 is 1.32 bits per heavy atom. The summed E-state index contributed by atoms with van der Waals surface area (Å²) in [5.74, 6) is 0.127. The summed E-state index contributed by atoms with van der Waals surface area (Å²) in [6, 6.07) is 6.94. The van der Waals surface area contributed by atoms with E-state index in [2.05, 4.69) is 25.7 Å². The maximum absolute atomic E-state index is 12.0. The average molecular weight is 407 g/mol. The van der Waals surface area contributed by atoms with E-state index in [0.29, 0.717) is 32.8 Å². The van der Waals surface area contributed by atoms with Crippen LogP contribution in [-0.2, 0) is 9.53 Å². The molecule has 0 amide bonds. The van der Waals surface area contributed by atoms with Crippen LogP contribution in [0.15, 0.2) is 27.5 Å². The van der Waals surface area contributed by atoms with Crippen LogP contribution >= 0.6 is 15.9 Å². The maximum Gasteiger partial charge on any atom is 0.343 e. The standard InChI is InChI=1S/C17H15BrN2O5/c1-9-4-11(12(7-19)17(22)20-9)10-5-13(18)16(14(6-10)23-2)25-8-15(21)24-3/h4-6H,8H2,1-3H3,(H,20,22). The third-order valence-electron chi connectivity index (χ3n) is 3.38. The van der Waals surface area contributed by atoms with Crippen molar-refractivity contribution in [3.63, 3.8) is 0 Å². The number of hydrogen-bond donors (Lipinski definition) is 1. The van der Waals surface area contributed by atoms with Gasteiger partial charge in [-0.1, -0.05) is 0 Å². The molecule has 25 heavy (non-hydrogen) atoms. The van der Waals surface area contributed by atoms with Gasteiger partial charge in [0, 0.05) is 11.3 Å². The molecule has 0 aliphatic rings. The monoisotopic (exact) mass is 406 g/mol. The summed E-state index contributed by atoms with van der Waals surface area (Å²) in [5, 5.41) is 9.29. The highest BCUT2D eigenvalue weighted by atomic mass is 79.9. The van der Waals surface area contributed by atoms with E-state index >= 15 is 0 Å². The first-order valence-corrected chi connectivity index (χ1v) is 7.92. The molecule has 0 radical (unpaired) electrons. The highest BCUT2D eigenvalue weighted by Gasteiger charge is 2.17. The molecular formula is C17H15BrN2O5. The zero-order valence-corrected chi connectivity index (χ0v) is 15.4. The number of halogens is 1. The Bertz CT molecular complexity index is 914. The molecule has 0 aliphatic carbocycles. The number of methoxy groups -OCH3 is 2. The molecule has 0 bridgehead atoms. The van der Waals surface area contributed by atoms with Crippen LogP contribution in [0, 0.1) is 18.3 Å². The van der Waals surface area contributed by atoms with Crippen LogP contribution in [0.1, 0.15) is 11.3 Å². The molecule has 130 valence electrons. The summed E-state index contributed by atoms with van der Waals surface area (Å²) in [4.78, 5) is 25.8. The second-order valence-electron chi connectivity index (χ2n) is 5.04. The fourth-order valence-electron chi connectivity index (χ4n) is 2.23. The number of aromatic amines is 1. The Morgan fingerprint density at radius 3 is 2.64 bits per heavy atom. The van der Waals surface area contributed by atoms with E-state index < -0.39 is 11.5 Å². The third-order valence-corrected chi connectivity index (χ3v) is 3.97. The first-order valence-electron chi connectivity index (χ1n) is 7.12. The first-order chi connectivity index (χ1) is 11.9. The SMILES string of the molecule is COC(=O)COc1c(Br)cc(-c2cc(C)[nH]c(=O)c2C#N)cc1OC. The number of carbonyl (C=O) groups excluding carboxylic acids is 1. The summed E-state index contributed by atoms with van der Waals surface area (Å²) in [6.45, 7) is 1.45. The number of benzene rings is 1. The molecule has 0 saturated carbocycles. The Morgan fingerprint density at radius 2 is 2.04 bits per heavy atom. The van der Waals surface area contributed by atoms with Crippen molar-refractivity contribution in [1.82, 2.24) is 4.98 Å². The Hall–Kier alpha value is -2.79. The van der Waals surface area contributed by atoms with Crippen molar-refractivity contribution in [2.75, 3.05) is 20.8 Å². The molecule has 1 aromatic carbocycles. The number of rotatable bonds is 5. The fraction of sp³-hybridized carbons (Fsp3) is 0.235. The lowest BCUT2D eigenvalue weighted by molar-refractivity contribution is -0.142. The number of aromatic nitrogens is 1. The number of aryl methyl sites for hydroxylation is 1. The smallest absolute Gasteiger partial charge is 0.343 e. The van der Waals surface area contributed by atoms with Gasteiger partial charge in [-0.2, -0.15) is 5.26 Å². The molecule has 0 aliphatic heterocycles. The number of ether oxygens (including phenoxy) is 3. The highest BCUT2D eigenvalue weighted by Crippen LogP contribution is 2.40. The molecule has 1 N–H and O–H groups in total. The lowest BCUT2D eigenvalue weighted by atomic mass is 10.0. The van der Waals surface area contributed by atoms with Crippen molar-refractivity contribution in [3.8, 4) is 28.7 Å². The van der Waals surface area contributed by atoms with E-state index in [9.17, 15) is 14.9 Å². The molecule has 8 heteroatoms. The third kappa shape index (κ3) is 4.00. The molecule has 2 rings (SSSR count). The number of hydrogen-bond acceptors (Lipinski definition) is 6. The zero-order chi connectivity index (χ0) is 18.6. The Kier molecular flexibility index (Phi) is 5.83. The number of H-pyrrole nitrogens is 1. The topological polar surface area (TPSA) is 101 Å². The predicted octanol–water partition coefficient (Wildman–Crippen LogP) is 2.54. The molecule has 0 fully saturated rings. The molecule has 7 nitrogen and oxygen atoms in total. The van der Waals surface area contributed by atoms with Gasteiger partial charge in [-0.15, -0.1) is 0 Å². The second-order valence-corrected chi connectivity index (χ2v) is 5.89. The maximum atomic E-state index is 12.0. The van der Waals surface area contributed by atoms with E-state index in [-0.39, 0.29) is 12.2 Å². The van der Waals surface area contributed by atoms with E-state index in [4.69, 9.17) is 9.47 Å². The van der Waals surface area contributed by atoms with E-state index in [1.165, 1.54) is 14.2 Å². The van der Waals surface area contributed by atoms with Crippen LogP contribution in [0.5, 0.6) is 11.5 Å². The normalized spacial score (nSPS) is 10.0. The van der Waals surface area contributed by atoms with Crippen molar-refractivity contribution in [2.24, 2.45) is 0 Å². The van der Waals surface area contributed by atoms with Gasteiger partial charge in [0.1, 0.15) is 11.6 Å². The number of pyridine rings is 1.